The third-order valence-corrected chi connectivity index (χ3v) is 4.86. The highest BCUT2D eigenvalue weighted by molar-refractivity contribution is 7.09. The number of hydrogen-bond donors (Lipinski definition) is 2. The van der Waals surface area contributed by atoms with Gasteiger partial charge in [0.15, 0.2) is 0 Å². The van der Waals surface area contributed by atoms with Gasteiger partial charge in [0.05, 0.1) is 6.54 Å². The highest BCUT2D eigenvalue weighted by Gasteiger charge is 2.43. The van der Waals surface area contributed by atoms with Crippen molar-refractivity contribution in [2.45, 2.75) is 57.7 Å². The number of carbonyl (C=O) groups excluding carboxylic acids is 1. The first-order chi connectivity index (χ1) is 9.94. The highest BCUT2D eigenvalue weighted by atomic mass is 32.1. The predicted octanol–water partition coefficient (Wildman–Crippen LogP) is 3.07. The Morgan fingerprint density at radius 1 is 1.43 bits per heavy atom. The van der Waals surface area contributed by atoms with E-state index in [1.165, 1.54) is 0 Å². The van der Waals surface area contributed by atoms with Gasteiger partial charge in [0.2, 0.25) is 0 Å². The molecule has 0 bridgehead atoms. The number of rotatable bonds is 5. The molecule has 1 aromatic rings. The summed E-state index contributed by atoms with van der Waals surface area (Å²) in [6.07, 6.45) is 2.72. The number of nitrogens with zero attached hydrogens (tertiary/aromatic N) is 1. The summed E-state index contributed by atoms with van der Waals surface area (Å²) in [5.74, 6) is -0.923. The van der Waals surface area contributed by atoms with Gasteiger partial charge in [-0.05, 0) is 38.1 Å². The Balaban J connectivity index is 2.09. The zero-order valence-corrected chi connectivity index (χ0v) is 13.3. The van der Waals surface area contributed by atoms with Crippen LogP contribution >= 0.6 is 11.3 Å². The normalized spacial score (nSPS) is 16.9. The van der Waals surface area contributed by atoms with E-state index >= 15 is 0 Å². The minimum atomic E-state index is -1.08. The molecule has 2 amide bonds. The molecule has 0 atom stereocenters. The number of carbonyl (C=O) groups is 2. The van der Waals surface area contributed by atoms with Crippen molar-refractivity contribution >= 4 is 23.3 Å². The third kappa shape index (κ3) is 3.56. The molecule has 1 fully saturated rings. The topological polar surface area (TPSA) is 69.6 Å². The Kier molecular flexibility index (Phi) is 4.88. The van der Waals surface area contributed by atoms with Crippen LogP contribution in [-0.2, 0) is 11.3 Å². The van der Waals surface area contributed by atoms with Gasteiger partial charge in [0.1, 0.15) is 5.54 Å². The van der Waals surface area contributed by atoms with Crippen molar-refractivity contribution in [3.8, 4) is 0 Å². The van der Waals surface area contributed by atoms with Crippen LogP contribution in [0.25, 0.3) is 0 Å². The molecule has 0 spiro atoms. The summed E-state index contributed by atoms with van der Waals surface area (Å²) in [6, 6.07) is 3.66. The van der Waals surface area contributed by atoms with Gasteiger partial charge in [-0.1, -0.05) is 18.9 Å². The lowest BCUT2D eigenvalue weighted by molar-refractivity contribution is -0.144. The van der Waals surface area contributed by atoms with Crippen LogP contribution in [-0.4, -0.2) is 33.6 Å². The molecule has 1 heterocycles. The number of carboxylic acid groups (broad SMARTS) is 1. The molecule has 6 heteroatoms. The van der Waals surface area contributed by atoms with E-state index in [0.717, 1.165) is 17.7 Å². The van der Waals surface area contributed by atoms with E-state index in [1.54, 1.807) is 16.2 Å². The van der Waals surface area contributed by atoms with Crippen molar-refractivity contribution in [3.63, 3.8) is 0 Å². The lowest BCUT2D eigenvalue weighted by Crippen LogP contribution is -2.57. The van der Waals surface area contributed by atoms with Crippen LogP contribution in [0.3, 0.4) is 0 Å². The molecule has 0 aromatic carbocycles. The molecular weight excluding hydrogens is 288 g/mol. The Bertz CT molecular complexity index is 493. The molecule has 2 rings (SSSR count). The van der Waals surface area contributed by atoms with Gasteiger partial charge >= 0.3 is 12.0 Å². The molecule has 2 N–H and O–H groups in total. The van der Waals surface area contributed by atoms with Gasteiger partial charge in [-0.2, -0.15) is 0 Å². The second kappa shape index (κ2) is 6.47. The number of carboxylic acids is 1. The standard InChI is InChI=1S/C15H22N2O3S/c1-11(2)17(10-12-6-5-9-21-12)14(20)16-15(13(18)19)7-3-4-8-15/h5-6,9,11H,3-4,7-8,10H2,1-2H3,(H,16,20)(H,18,19). The van der Waals surface area contributed by atoms with Crippen LogP contribution < -0.4 is 5.32 Å². The summed E-state index contributed by atoms with van der Waals surface area (Å²) in [5.41, 5.74) is -1.08. The molecule has 0 radical (unpaired) electrons. The molecule has 116 valence electrons. The third-order valence-electron chi connectivity index (χ3n) is 4.00. The molecular formula is C15H22N2O3S. The fraction of sp³-hybridized carbons (Fsp3) is 0.600. The predicted molar refractivity (Wildman–Crippen MR) is 82.4 cm³/mol. The fourth-order valence-electron chi connectivity index (χ4n) is 2.71. The maximum Gasteiger partial charge on any atom is 0.329 e. The quantitative estimate of drug-likeness (QED) is 0.878. The summed E-state index contributed by atoms with van der Waals surface area (Å²) in [5, 5.41) is 14.2. The maximum atomic E-state index is 12.5. The molecule has 1 saturated carbocycles. The number of thiophene rings is 1. The minimum Gasteiger partial charge on any atom is -0.480 e. The van der Waals surface area contributed by atoms with Crippen LogP contribution in [0.15, 0.2) is 17.5 Å². The van der Waals surface area contributed by atoms with Crippen molar-refractivity contribution < 1.29 is 14.7 Å². The largest absolute Gasteiger partial charge is 0.480 e. The summed E-state index contributed by atoms with van der Waals surface area (Å²) in [7, 11) is 0. The van der Waals surface area contributed by atoms with E-state index in [-0.39, 0.29) is 12.1 Å². The Hall–Kier alpha value is -1.56. The lowest BCUT2D eigenvalue weighted by atomic mass is 9.98. The van der Waals surface area contributed by atoms with Crippen LogP contribution in [0, 0.1) is 0 Å². The molecule has 5 nitrogen and oxygen atoms in total. The molecule has 0 unspecified atom stereocenters. The van der Waals surface area contributed by atoms with Crippen LogP contribution in [0.4, 0.5) is 4.79 Å². The van der Waals surface area contributed by atoms with Gasteiger partial charge in [0.25, 0.3) is 0 Å². The monoisotopic (exact) mass is 310 g/mol. The van der Waals surface area contributed by atoms with Gasteiger partial charge in [0, 0.05) is 10.9 Å². The summed E-state index contributed by atoms with van der Waals surface area (Å²) >= 11 is 1.60. The van der Waals surface area contributed by atoms with Gasteiger partial charge in [-0.3, -0.25) is 0 Å². The molecule has 0 aliphatic heterocycles. The Morgan fingerprint density at radius 2 is 2.10 bits per heavy atom. The van der Waals surface area contributed by atoms with E-state index in [0.29, 0.717) is 19.4 Å². The smallest absolute Gasteiger partial charge is 0.329 e. The van der Waals surface area contributed by atoms with Gasteiger partial charge in [-0.15, -0.1) is 11.3 Å². The average Bonchev–Trinajstić information content (AvgIpc) is 3.06. The van der Waals surface area contributed by atoms with Gasteiger partial charge < -0.3 is 15.3 Å². The Labute approximate surface area is 129 Å². The SMILES string of the molecule is CC(C)N(Cc1cccs1)C(=O)NC1(C(=O)O)CCCC1. The molecule has 21 heavy (non-hydrogen) atoms. The number of aliphatic carboxylic acids is 1. The average molecular weight is 310 g/mol. The van der Waals surface area contributed by atoms with E-state index in [9.17, 15) is 14.7 Å². The van der Waals surface area contributed by atoms with Gasteiger partial charge in [-0.25, -0.2) is 9.59 Å². The molecule has 1 aliphatic carbocycles. The van der Waals surface area contributed by atoms with Crippen molar-refractivity contribution in [1.82, 2.24) is 10.2 Å². The number of urea groups is 1. The van der Waals surface area contributed by atoms with Crippen molar-refractivity contribution in [2.75, 3.05) is 0 Å². The first kappa shape index (κ1) is 15.8. The van der Waals surface area contributed by atoms with E-state index in [2.05, 4.69) is 5.32 Å². The zero-order valence-electron chi connectivity index (χ0n) is 12.5. The maximum absolute atomic E-state index is 12.5. The van der Waals surface area contributed by atoms with Crippen molar-refractivity contribution in [2.24, 2.45) is 0 Å². The molecule has 0 saturated heterocycles. The minimum absolute atomic E-state index is 0.0133. The number of amides is 2. The molecule has 1 aromatic heterocycles. The summed E-state index contributed by atoms with van der Waals surface area (Å²) < 4.78 is 0. The van der Waals surface area contributed by atoms with Crippen LogP contribution in [0.1, 0.15) is 44.4 Å². The van der Waals surface area contributed by atoms with E-state index in [1.807, 2.05) is 31.4 Å². The van der Waals surface area contributed by atoms with E-state index < -0.39 is 11.5 Å². The Morgan fingerprint density at radius 3 is 2.57 bits per heavy atom. The second-order valence-electron chi connectivity index (χ2n) is 5.83. The lowest BCUT2D eigenvalue weighted by Gasteiger charge is -2.32. The first-order valence-electron chi connectivity index (χ1n) is 7.29. The highest BCUT2D eigenvalue weighted by Crippen LogP contribution is 2.30. The summed E-state index contributed by atoms with van der Waals surface area (Å²) in [4.78, 5) is 26.9. The second-order valence-corrected chi connectivity index (χ2v) is 6.86. The first-order valence-corrected chi connectivity index (χ1v) is 8.17. The molecule has 1 aliphatic rings. The summed E-state index contributed by atoms with van der Waals surface area (Å²) in [6.45, 7) is 4.39. The van der Waals surface area contributed by atoms with Crippen LogP contribution in [0.2, 0.25) is 0 Å². The van der Waals surface area contributed by atoms with Crippen molar-refractivity contribution in [3.05, 3.63) is 22.4 Å². The van der Waals surface area contributed by atoms with Crippen LogP contribution in [0.5, 0.6) is 0 Å². The fourth-order valence-corrected chi connectivity index (χ4v) is 3.41. The van der Waals surface area contributed by atoms with E-state index in [4.69, 9.17) is 0 Å². The number of nitrogens with one attached hydrogen (secondary N) is 1. The zero-order chi connectivity index (χ0) is 15.5. The van der Waals surface area contributed by atoms with Crippen molar-refractivity contribution in [1.29, 1.82) is 0 Å². The number of hydrogen-bond acceptors (Lipinski definition) is 3.